The van der Waals surface area contributed by atoms with Gasteiger partial charge in [0.1, 0.15) is 0 Å². The zero-order chi connectivity index (χ0) is 18.6. The summed E-state index contributed by atoms with van der Waals surface area (Å²) in [5.74, 6) is -0.0460. The van der Waals surface area contributed by atoms with E-state index in [9.17, 15) is 4.79 Å². The number of epoxide rings is 2. The summed E-state index contributed by atoms with van der Waals surface area (Å²) >= 11 is 0. The second-order valence-electron chi connectivity index (χ2n) is 7.98. The summed E-state index contributed by atoms with van der Waals surface area (Å²) in [7, 11) is 0. The van der Waals surface area contributed by atoms with Crippen molar-refractivity contribution in [2.45, 2.75) is 128 Å². The van der Waals surface area contributed by atoms with Gasteiger partial charge in [-0.25, -0.2) is 0 Å². The third kappa shape index (κ3) is 9.36. The van der Waals surface area contributed by atoms with Gasteiger partial charge >= 0.3 is 5.97 Å². The molecule has 0 N–H and O–H groups in total. The highest BCUT2D eigenvalue weighted by molar-refractivity contribution is 5.69. The van der Waals surface area contributed by atoms with Gasteiger partial charge in [0.15, 0.2) is 0 Å². The molecule has 0 aromatic rings. The lowest BCUT2D eigenvalue weighted by atomic mass is 10.0. The summed E-state index contributed by atoms with van der Waals surface area (Å²) in [4.78, 5) is 11.2. The Labute approximate surface area is 160 Å². The first kappa shape index (κ1) is 21.7. The Bertz CT molecular complexity index is 384. The van der Waals surface area contributed by atoms with Crippen molar-refractivity contribution in [2.24, 2.45) is 0 Å². The van der Waals surface area contributed by atoms with E-state index < -0.39 is 0 Å². The molecule has 0 aromatic heterocycles. The SMILES string of the molecule is CCCCC[C@@H]1O[C@@H]1C[C@@H]1O[C@@H]1CCCCCCCCCC(=O)OCC. The summed E-state index contributed by atoms with van der Waals surface area (Å²) < 4.78 is 16.5. The molecule has 2 fully saturated rings. The van der Waals surface area contributed by atoms with E-state index in [4.69, 9.17) is 14.2 Å². The molecule has 0 spiro atoms. The summed E-state index contributed by atoms with van der Waals surface area (Å²) in [6.07, 6.45) is 18.7. The van der Waals surface area contributed by atoms with Gasteiger partial charge in [-0.2, -0.15) is 0 Å². The van der Waals surface area contributed by atoms with Gasteiger partial charge in [0.05, 0.1) is 31.0 Å². The molecule has 0 aromatic carbocycles. The van der Waals surface area contributed by atoms with Crippen molar-refractivity contribution in [3.8, 4) is 0 Å². The first-order valence-electron chi connectivity index (χ1n) is 11.2. The van der Waals surface area contributed by atoms with E-state index in [1.807, 2.05) is 6.92 Å². The molecule has 0 radical (unpaired) electrons. The second-order valence-corrected chi connectivity index (χ2v) is 7.98. The average Bonchev–Trinajstić information content (AvgIpc) is 3.53. The molecular formula is C22H40O4. The van der Waals surface area contributed by atoms with Crippen molar-refractivity contribution in [3.63, 3.8) is 0 Å². The van der Waals surface area contributed by atoms with E-state index in [-0.39, 0.29) is 5.97 Å². The highest BCUT2D eigenvalue weighted by Gasteiger charge is 2.47. The van der Waals surface area contributed by atoms with E-state index >= 15 is 0 Å². The first-order chi connectivity index (χ1) is 12.7. The Hall–Kier alpha value is -0.610. The fourth-order valence-electron chi connectivity index (χ4n) is 3.84. The van der Waals surface area contributed by atoms with Crippen LogP contribution in [0.25, 0.3) is 0 Å². The molecule has 0 aliphatic carbocycles. The van der Waals surface area contributed by atoms with Crippen LogP contribution >= 0.6 is 0 Å². The van der Waals surface area contributed by atoms with Crippen LogP contribution in [-0.2, 0) is 19.0 Å². The number of hydrogen-bond donors (Lipinski definition) is 0. The maximum atomic E-state index is 11.2. The molecule has 4 atom stereocenters. The van der Waals surface area contributed by atoms with Crippen LogP contribution < -0.4 is 0 Å². The Morgan fingerprint density at radius 2 is 1.27 bits per heavy atom. The van der Waals surface area contributed by atoms with Crippen molar-refractivity contribution < 1.29 is 19.0 Å². The van der Waals surface area contributed by atoms with Crippen LogP contribution in [0.5, 0.6) is 0 Å². The lowest BCUT2D eigenvalue weighted by molar-refractivity contribution is -0.143. The highest BCUT2D eigenvalue weighted by Crippen LogP contribution is 2.39. The van der Waals surface area contributed by atoms with E-state index in [0.29, 0.717) is 37.4 Å². The van der Waals surface area contributed by atoms with Crippen molar-refractivity contribution in [1.82, 2.24) is 0 Å². The zero-order valence-corrected chi connectivity index (χ0v) is 17.0. The van der Waals surface area contributed by atoms with Gasteiger partial charge in [0.2, 0.25) is 0 Å². The summed E-state index contributed by atoms with van der Waals surface area (Å²) in [5, 5.41) is 0. The minimum absolute atomic E-state index is 0.0460. The van der Waals surface area contributed by atoms with Gasteiger partial charge in [0, 0.05) is 12.8 Å². The van der Waals surface area contributed by atoms with E-state index in [0.717, 1.165) is 19.3 Å². The molecule has 0 unspecified atom stereocenters. The average molecular weight is 369 g/mol. The molecule has 152 valence electrons. The van der Waals surface area contributed by atoms with Crippen molar-refractivity contribution in [2.75, 3.05) is 6.61 Å². The fraction of sp³-hybridized carbons (Fsp3) is 0.955. The number of unbranched alkanes of at least 4 members (excludes halogenated alkanes) is 8. The minimum atomic E-state index is -0.0460. The molecule has 0 bridgehead atoms. The Morgan fingerprint density at radius 3 is 1.85 bits per heavy atom. The maximum Gasteiger partial charge on any atom is 0.305 e. The van der Waals surface area contributed by atoms with Gasteiger partial charge in [-0.3, -0.25) is 4.79 Å². The molecule has 2 heterocycles. The zero-order valence-electron chi connectivity index (χ0n) is 17.0. The maximum absolute atomic E-state index is 11.2. The van der Waals surface area contributed by atoms with Crippen LogP contribution in [0.3, 0.4) is 0 Å². The van der Waals surface area contributed by atoms with E-state index in [1.165, 1.54) is 64.2 Å². The lowest BCUT2D eigenvalue weighted by Gasteiger charge is -2.02. The van der Waals surface area contributed by atoms with Gasteiger partial charge in [-0.1, -0.05) is 64.7 Å². The molecular weight excluding hydrogens is 328 g/mol. The summed E-state index contributed by atoms with van der Waals surface area (Å²) in [5.41, 5.74) is 0. The molecule has 2 saturated heterocycles. The number of carbonyl (C=O) groups is 1. The molecule has 4 nitrogen and oxygen atoms in total. The van der Waals surface area contributed by atoms with Crippen LogP contribution in [-0.4, -0.2) is 37.0 Å². The third-order valence-electron chi connectivity index (χ3n) is 5.61. The summed E-state index contributed by atoms with van der Waals surface area (Å²) in [6.45, 7) is 4.61. The lowest BCUT2D eigenvalue weighted by Crippen LogP contribution is -2.03. The number of rotatable bonds is 17. The second kappa shape index (κ2) is 12.7. The summed E-state index contributed by atoms with van der Waals surface area (Å²) in [6, 6.07) is 0. The van der Waals surface area contributed by atoms with Gasteiger partial charge in [-0.05, 0) is 26.2 Å². The van der Waals surface area contributed by atoms with Gasteiger partial charge in [0.25, 0.3) is 0 Å². The predicted octanol–water partition coefficient (Wildman–Crippen LogP) is 5.57. The van der Waals surface area contributed by atoms with Crippen molar-refractivity contribution in [3.05, 3.63) is 0 Å². The monoisotopic (exact) mass is 368 g/mol. The Morgan fingerprint density at radius 1 is 0.731 bits per heavy atom. The Kier molecular flexibility index (Phi) is 10.6. The molecule has 2 rings (SSSR count). The van der Waals surface area contributed by atoms with E-state index in [2.05, 4.69) is 6.92 Å². The fourth-order valence-corrected chi connectivity index (χ4v) is 3.84. The molecule has 26 heavy (non-hydrogen) atoms. The number of ether oxygens (including phenoxy) is 3. The Balaban J connectivity index is 1.31. The van der Waals surface area contributed by atoms with Crippen LogP contribution in [0.15, 0.2) is 0 Å². The van der Waals surface area contributed by atoms with Crippen LogP contribution in [0.2, 0.25) is 0 Å². The molecule has 0 amide bonds. The number of esters is 1. The predicted molar refractivity (Wildman–Crippen MR) is 104 cm³/mol. The number of carbonyl (C=O) groups excluding carboxylic acids is 1. The molecule has 0 saturated carbocycles. The van der Waals surface area contributed by atoms with Crippen molar-refractivity contribution >= 4 is 5.97 Å². The molecule has 2 aliphatic rings. The van der Waals surface area contributed by atoms with Crippen LogP contribution in [0.1, 0.15) is 104 Å². The quantitative estimate of drug-likeness (QED) is 0.191. The molecule has 4 heteroatoms. The largest absolute Gasteiger partial charge is 0.466 e. The smallest absolute Gasteiger partial charge is 0.305 e. The number of hydrogen-bond acceptors (Lipinski definition) is 4. The van der Waals surface area contributed by atoms with Gasteiger partial charge < -0.3 is 14.2 Å². The van der Waals surface area contributed by atoms with Crippen LogP contribution in [0, 0.1) is 0 Å². The normalized spacial score (nSPS) is 26.7. The van der Waals surface area contributed by atoms with Crippen molar-refractivity contribution in [1.29, 1.82) is 0 Å². The minimum Gasteiger partial charge on any atom is -0.466 e. The third-order valence-corrected chi connectivity index (χ3v) is 5.61. The van der Waals surface area contributed by atoms with Gasteiger partial charge in [-0.15, -0.1) is 0 Å². The first-order valence-corrected chi connectivity index (χ1v) is 11.2. The van der Waals surface area contributed by atoms with Crippen LogP contribution in [0.4, 0.5) is 0 Å². The van der Waals surface area contributed by atoms with E-state index in [1.54, 1.807) is 0 Å². The topological polar surface area (TPSA) is 51.4 Å². The molecule has 2 aliphatic heterocycles. The standard InChI is InChI=1S/C22H40O4/c1-3-5-11-14-18-20(25-18)17-21-19(26-21)15-12-9-7-6-8-10-13-16-22(23)24-4-2/h18-21H,3-17H2,1-2H3/t18-,19+,20+,21-/m0/s1. The highest BCUT2D eigenvalue weighted by atomic mass is 16.6.